The summed E-state index contributed by atoms with van der Waals surface area (Å²) in [4.78, 5) is 11.5. The normalized spacial score (nSPS) is 12.8. The summed E-state index contributed by atoms with van der Waals surface area (Å²) in [6.07, 6.45) is -4.88. The highest BCUT2D eigenvalue weighted by atomic mass is 19.4. The zero-order valence-electron chi connectivity index (χ0n) is 11.4. The summed E-state index contributed by atoms with van der Waals surface area (Å²) in [5.74, 6) is 0. The topological polar surface area (TPSA) is 70.6 Å². The molecule has 2 amide bonds. The van der Waals surface area contributed by atoms with Crippen molar-refractivity contribution in [3.05, 3.63) is 29.8 Å². The number of aliphatic hydroxyl groups excluding tert-OH is 1. The maximum absolute atomic E-state index is 12.5. The largest absolute Gasteiger partial charge is 0.416 e. The SMILES string of the molecule is COCC(O)CCNC(=O)Nc1cccc(C(F)(F)F)c1. The summed E-state index contributed by atoms with van der Waals surface area (Å²) in [6, 6.07) is 3.69. The number of alkyl halides is 3. The molecule has 1 aromatic rings. The predicted octanol–water partition coefficient (Wildman–Crippen LogP) is 2.22. The van der Waals surface area contributed by atoms with E-state index >= 15 is 0 Å². The second kappa shape index (κ2) is 7.84. The minimum absolute atomic E-state index is 0.0414. The molecule has 0 saturated heterocycles. The molecule has 1 atom stereocenters. The number of aliphatic hydroxyl groups is 1. The molecule has 0 aliphatic heterocycles. The number of anilines is 1. The Morgan fingerprint density at radius 1 is 1.43 bits per heavy atom. The Kier molecular flexibility index (Phi) is 6.44. The Morgan fingerprint density at radius 2 is 2.14 bits per heavy atom. The van der Waals surface area contributed by atoms with Gasteiger partial charge in [-0.1, -0.05) is 6.07 Å². The van der Waals surface area contributed by atoms with Gasteiger partial charge in [-0.25, -0.2) is 4.79 Å². The van der Waals surface area contributed by atoms with E-state index in [-0.39, 0.29) is 25.3 Å². The summed E-state index contributed by atoms with van der Waals surface area (Å²) >= 11 is 0. The molecule has 0 fully saturated rings. The van der Waals surface area contributed by atoms with Gasteiger partial charge in [-0.05, 0) is 24.6 Å². The van der Waals surface area contributed by atoms with Crippen molar-refractivity contribution >= 4 is 11.7 Å². The Morgan fingerprint density at radius 3 is 2.76 bits per heavy atom. The molecule has 3 N–H and O–H groups in total. The maximum Gasteiger partial charge on any atom is 0.416 e. The second-order valence-corrected chi connectivity index (χ2v) is 4.36. The molecule has 0 heterocycles. The summed E-state index contributed by atoms with van der Waals surface area (Å²) in [5, 5.41) is 14.1. The van der Waals surface area contributed by atoms with Crippen LogP contribution < -0.4 is 10.6 Å². The molecule has 1 rings (SSSR count). The zero-order chi connectivity index (χ0) is 15.9. The third-order valence-electron chi connectivity index (χ3n) is 2.57. The van der Waals surface area contributed by atoms with E-state index in [0.717, 1.165) is 12.1 Å². The molecular formula is C13H17F3N2O3. The molecule has 1 aromatic carbocycles. The van der Waals surface area contributed by atoms with Crippen molar-refractivity contribution in [3.8, 4) is 0 Å². The van der Waals surface area contributed by atoms with Crippen LogP contribution in [0.4, 0.5) is 23.7 Å². The fraction of sp³-hybridized carbons (Fsp3) is 0.462. The third kappa shape index (κ3) is 6.46. The standard InChI is InChI=1S/C13H17F3N2O3/c1-21-8-11(19)5-6-17-12(20)18-10-4-2-3-9(7-10)13(14,15)16/h2-4,7,11,19H,5-6,8H2,1H3,(H2,17,18,20). The molecule has 0 aliphatic carbocycles. The van der Waals surface area contributed by atoms with Gasteiger partial charge >= 0.3 is 12.2 Å². The number of amides is 2. The second-order valence-electron chi connectivity index (χ2n) is 4.36. The Labute approximate surface area is 120 Å². The number of rotatable bonds is 6. The van der Waals surface area contributed by atoms with Gasteiger partial charge in [0.15, 0.2) is 0 Å². The van der Waals surface area contributed by atoms with Crippen LogP contribution >= 0.6 is 0 Å². The molecule has 1 unspecified atom stereocenters. The van der Waals surface area contributed by atoms with Crippen LogP contribution in [0.5, 0.6) is 0 Å². The first-order chi connectivity index (χ1) is 9.82. The molecule has 0 aliphatic rings. The lowest BCUT2D eigenvalue weighted by molar-refractivity contribution is -0.137. The van der Waals surface area contributed by atoms with Gasteiger partial charge in [-0.2, -0.15) is 13.2 Å². The number of nitrogens with one attached hydrogen (secondary N) is 2. The summed E-state index contributed by atoms with van der Waals surface area (Å²) in [6.45, 7) is 0.326. The first-order valence-electron chi connectivity index (χ1n) is 6.22. The van der Waals surface area contributed by atoms with Crippen molar-refractivity contribution < 1.29 is 27.8 Å². The van der Waals surface area contributed by atoms with E-state index in [1.165, 1.54) is 19.2 Å². The first kappa shape index (κ1) is 17.3. The number of methoxy groups -OCH3 is 1. The van der Waals surface area contributed by atoms with Crippen molar-refractivity contribution in [3.63, 3.8) is 0 Å². The number of carbonyl (C=O) groups excluding carboxylic acids is 1. The minimum Gasteiger partial charge on any atom is -0.391 e. The van der Waals surface area contributed by atoms with Crippen molar-refractivity contribution in [1.29, 1.82) is 0 Å². The van der Waals surface area contributed by atoms with Crippen LogP contribution in [0.1, 0.15) is 12.0 Å². The van der Waals surface area contributed by atoms with Crippen LogP contribution in [0, 0.1) is 0 Å². The van der Waals surface area contributed by atoms with E-state index in [1.54, 1.807) is 0 Å². The average Bonchev–Trinajstić information content (AvgIpc) is 2.38. The maximum atomic E-state index is 12.5. The minimum atomic E-state index is -4.46. The number of urea groups is 1. The van der Waals surface area contributed by atoms with Crippen LogP contribution in [0.3, 0.4) is 0 Å². The van der Waals surface area contributed by atoms with Gasteiger partial charge < -0.3 is 20.5 Å². The van der Waals surface area contributed by atoms with Gasteiger partial charge in [0.2, 0.25) is 0 Å². The molecular weight excluding hydrogens is 289 g/mol. The van der Waals surface area contributed by atoms with Crippen molar-refractivity contribution in [2.24, 2.45) is 0 Å². The highest BCUT2D eigenvalue weighted by Crippen LogP contribution is 2.30. The number of hydrogen-bond donors (Lipinski definition) is 3. The lowest BCUT2D eigenvalue weighted by atomic mass is 10.2. The van der Waals surface area contributed by atoms with E-state index in [9.17, 15) is 23.1 Å². The lowest BCUT2D eigenvalue weighted by Gasteiger charge is -2.12. The molecule has 0 radical (unpaired) electrons. The molecule has 0 bridgehead atoms. The Bertz CT molecular complexity index is 466. The first-order valence-corrected chi connectivity index (χ1v) is 6.22. The van der Waals surface area contributed by atoms with E-state index in [0.29, 0.717) is 0 Å². The summed E-state index contributed by atoms with van der Waals surface area (Å²) < 4.78 is 42.2. The quantitative estimate of drug-likeness (QED) is 0.755. The van der Waals surface area contributed by atoms with Crippen LogP contribution in [0.15, 0.2) is 24.3 Å². The third-order valence-corrected chi connectivity index (χ3v) is 2.57. The van der Waals surface area contributed by atoms with Crippen molar-refractivity contribution in [2.45, 2.75) is 18.7 Å². The fourth-order valence-electron chi connectivity index (χ4n) is 1.58. The van der Waals surface area contributed by atoms with Crippen LogP contribution in [0.25, 0.3) is 0 Å². The number of carbonyl (C=O) groups is 1. The number of ether oxygens (including phenoxy) is 1. The zero-order valence-corrected chi connectivity index (χ0v) is 11.4. The molecule has 5 nitrogen and oxygen atoms in total. The van der Waals surface area contributed by atoms with Gasteiger partial charge in [0.1, 0.15) is 0 Å². The van der Waals surface area contributed by atoms with Gasteiger partial charge in [0.25, 0.3) is 0 Å². The van der Waals surface area contributed by atoms with Crippen molar-refractivity contribution in [1.82, 2.24) is 5.32 Å². The Hall–Kier alpha value is -1.80. The van der Waals surface area contributed by atoms with Crippen LogP contribution in [-0.2, 0) is 10.9 Å². The average molecular weight is 306 g/mol. The van der Waals surface area contributed by atoms with E-state index in [2.05, 4.69) is 10.6 Å². The molecule has 8 heteroatoms. The molecule has 21 heavy (non-hydrogen) atoms. The van der Waals surface area contributed by atoms with Gasteiger partial charge in [-0.15, -0.1) is 0 Å². The number of hydrogen-bond acceptors (Lipinski definition) is 3. The van der Waals surface area contributed by atoms with Gasteiger partial charge in [-0.3, -0.25) is 0 Å². The molecule has 0 saturated carbocycles. The molecule has 118 valence electrons. The summed E-state index contributed by atoms with van der Waals surface area (Å²) in [5.41, 5.74) is -0.796. The van der Waals surface area contributed by atoms with Gasteiger partial charge in [0, 0.05) is 19.3 Å². The molecule has 0 aromatic heterocycles. The summed E-state index contributed by atoms with van der Waals surface area (Å²) in [7, 11) is 1.44. The van der Waals surface area contributed by atoms with Crippen LogP contribution in [-0.4, -0.2) is 37.5 Å². The smallest absolute Gasteiger partial charge is 0.391 e. The highest BCUT2D eigenvalue weighted by molar-refractivity contribution is 5.89. The van der Waals surface area contributed by atoms with Crippen LogP contribution in [0.2, 0.25) is 0 Å². The number of halogens is 3. The molecule has 0 spiro atoms. The van der Waals surface area contributed by atoms with E-state index in [1.807, 2.05) is 0 Å². The predicted molar refractivity (Wildman–Crippen MR) is 71.0 cm³/mol. The lowest BCUT2D eigenvalue weighted by Crippen LogP contribution is -2.32. The monoisotopic (exact) mass is 306 g/mol. The Balaban J connectivity index is 2.45. The number of benzene rings is 1. The van der Waals surface area contributed by atoms with E-state index in [4.69, 9.17) is 4.74 Å². The van der Waals surface area contributed by atoms with E-state index < -0.39 is 23.9 Å². The van der Waals surface area contributed by atoms with Crippen molar-refractivity contribution in [2.75, 3.05) is 25.6 Å². The fourth-order valence-corrected chi connectivity index (χ4v) is 1.58. The highest BCUT2D eigenvalue weighted by Gasteiger charge is 2.30. The van der Waals surface area contributed by atoms with Gasteiger partial charge in [0.05, 0.1) is 18.3 Å².